The van der Waals surface area contributed by atoms with Gasteiger partial charge in [-0.15, -0.1) is 5.10 Å². The maximum atomic E-state index is 12.4. The summed E-state index contributed by atoms with van der Waals surface area (Å²) in [6.07, 6.45) is 6.74. The minimum Gasteiger partial charge on any atom is -0.340 e. The Morgan fingerprint density at radius 1 is 1.15 bits per heavy atom. The number of carbonyl (C=O) groups is 1. The molecule has 2 N–H and O–H groups in total. The zero-order valence-electron chi connectivity index (χ0n) is 14.0. The smallest absolute Gasteiger partial charge is 0.261 e. The van der Waals surface area contributed by atoms with Crippen molar-refractivity contribution in [1.82, 2.24) is 25.0 Å². The number of halogens is 1. The first-order valence-corrected chi connectivity index (χ1v) is 9.28. The number of nitrogens with one attached hydrogen (secondary N) is 2. The topological polar surface area (TPSA) is 91.7 Å². The number of amides is 1. The lowest BCUT2D eigenvalue weighted by molar-refractivity contribution is 0.102. The molecule has 134 valence electrons. The largest absolute Gasteiger partial charge is 0.340 e. The van der Waals surface area contributed by atoms with E-state index < -0.39 is 0 Å². The summed E-state index contributed by atoms with van der Waals surface area (Å²) in [5.74, 6) is 0.687. The quantitative estimate of drug-likeness (QED) is 0.683. The van der Waals surface area contributed by atoms with Gasteiger partial charge in [0.15, 0.2) is 0 Å². The molecule has 1 aliphatic rings. The highest BCUT2D eigenvalue weighted by Crippen LogP contribution is 2.17. The highest BCUT2D eigenvalue weighted by atomic mass is 79.9. The molecule has 1 aliphatic heterocycles. The van der Waals surface area contributed by atoms with Crippen LogP contribution >= 0.6 is 15.9 Å². The molecule has 26 heavy (non-hydrogen) atoms. The summed E-state index contributed by atoms with van der Waals surface area (Å²) in [6, 6.07) is 7.68. The van der Waals surface area contributed by atoms with Gasteiger partial charge in [-0.05, 0) is 43.5 Å². The minimum atomic E-state index is -0.283. The average molecular weight is 416 g/mol. The molecule has 0 aliphatic carbocycles. The second-order valence-electron chi connectivity index (χ2n) is 6.14. The molecular formula is C17H18BrN7O. The Hall–Kier alpha value is -2.68. The van der Waals surface area contributed by atoms with Crippen LogP contribution in [0.15, 0.2) is 41.1 Å². The number of H-pyrrole nitrogens is 1. The van der Waals surface area contributed by atoms with Crippen LogP contribution in [0.1, 0.15) is 29.6 Å². The van der Waals surface area contributed by atoms with Crippen LogP contribution in [0.4, 0.5) is 11.9 Å². The number of anilines is 2. The molecular weight excluding hydrogens is 398 g/mol. The van der Waals surface area contributed by atoms with E-state index in [9.17, 15) is 4.79 Å². The molecule has 0 saturated carbocycles. The maximum Gasteiger partial charge on any atom is 0.261 e. The first-order chi connectivity index (χ1) is 12.7. The molecule has 2 aromatic heterocycles. The molecule has 1 amide bonds. The van der Waals surface area contributed by atoms with Gasteiger partial charge >= 0.3 is 0 Å². The first-order valence-electron chi connectivity index (χ1n) is 8.48. The summed E-state index contributed by atoms with van der Waals surface area (Å²) in [7, 11) is 0. The number of carbonyl (C=O) groups excluding carboxylic acids is 1. The zero-order chi connectivity index (χ0) is 17.9. The van der Waals surface area contributed by atoms with Crippen molar-refractivity contribution < 1.29 is 4.79 Å². The van der Waals surface area contributed by atoms with Crippen molar-refractivity contribution in [2.24, 2.45) is 0 Å². The van der Waals surface area contributed by atoms with E-state index in [0.29, 0.717) is 17.5 Å². The van der Waals surface area contributed by atoms with Gasteiger partial charge in [-0.2, -0.15) is 10.1 Å². The van der Waals surface area contributed by atoms with Crippen LogP contribution in [0.2, 0.25) is 0 Å². The fourth-order valence-corrected chi connectivity index (χ4v) is 3.16. The van der Waals surface area contributed by atoms with Gasteiger partial charge in [0.05, 0.1) is 17.4 Å². The summed E-state index contributed by atoms with van der Waals surface area (Å²) >= 11 is 3.40. The highest BCUT2D eigenvalue weighted by molar-refractivity contribution is 9.10. The van der Waals surface area contributed by atoms with Crippen LogP contribution in [-0.2, 0) is 0 Å². The van der Waals surface area contributed by atoms with Gasteiger partial charge in [-0.25, -0.2) is 9.78 Å². The Bertz CT molecular complexity index is 896. The normalized spacial score (nSPS) is 14.4. The predicted octanol–water partition coefficient (Wildman–Crippen LogP) is 3.00. The molecule has 0 bridgehead atoms. The van der Waals surface area contributed by atoms with E-state index in [0.717, 1.165) is 36.1 Å². The van der Waals surface area contributed by atoms with Crippen molar-refractivity contribution in [3.63, 3.8) is 0 Å². The molecule has 1 aromatic carbocycles. The van der Waals surface area contributed by atoms with Gasteiger partial charge in [-0.1, -0.05) is 15.9 Å². The van der Waals surface area contributed by atoms with Gasteiger partial charge in [0.25, 0.3) is 5.91 Å². The summed E-state index contributed by atoms with van der Waals surface area (Å²) in [5, 5.41) is 14.0. The predicted molar refractivity (Wildman–Crippen MR) is 102 cm³/mol. The summed E-state index contributed by atoms with van der Waals surface area (Å²) in [5.41, 5.74) is 1.32. The number of aromatic nitrogens is 5. The van der Waals surface area contributed by atoms with Gasteiger partial charge in [-0.3, -0.25) is 10.1 Å². The molecule has 0 atom stereocenters. The molecule has 4 rings (SSSR count). The molecule has 3 aromatic rings. The Kier molecular flexibility index (Phi) is 4.70. The Labute approximate surface area is 158 Å². The Morgan fingerprint density at radius 2 is 1.92 bits per heavy atom. The van der Waals surface area contributed by atoms with E-state index in [2.05, 4.69) is 46.4 Å². The lowest BCUT2D eigenvalue weighted by atomic mass is 10.1. The van der Waals surface area contributed by atoms with Crippen LogP contribution in [0.25, 0.3) is 5.69 Å². The van der Waals surface area contributed by atoms with Crippen molar-refractivity contribution in [3.8, 4) is 5.69 Å². The van der Waals surface area contributed by atoms with Crippen LogP contribution in [0.5, 0.6) is 0 Å². The minimum absolute atomic E-state index is 0.283. The van der Waals surface area contributed by atoms with Crippen LogP contribution < -0.4 is 10.2 Å². The number of rotatable bonds is 4. The van der Waals surface area contributed by atoms with E-state index in [1.807, 2.05) is 24.3 Å². The number of nitrogens with zero attached hydrogens (tertiary/aromatic N) is 5. The highest BCUT2D eigenvalue weighted by Gasteiger charge is 2.17. The lowest BCUT2D eigenvalue weighted by Crippen LogP contribution is -2.30. The number of hydrogen-bond acceptors (Lipinski definition) is 5. The van der Waals surface area contributed by atoms with E-state index in [1.54, 1.807) is 10.9 Å². The standard InChI is InChI=1S/C17H18BrN7O/c18-13-4-6-14(7-5-13)25-11-12(10-19-25)15(26)20-16-21-17(23-22-16)24-8-2-1-3-9-24/h4-7,10-11H,1-3,8-9H2,(H2,20,21,22,23,26). The van der Waals surface area contributed by atoms with E-state index >= 15 is 0 Å². The fraction of sp³-hybridized carbons (Fsp3) is 0.294. The Balaban J connectivity index is 1.44. The Morgan fingerprint density at radius 3 is 2.69 bits per heavy atom. The van der Waals surface area contributed by atoms with Crippen molar-refractivity contribution in [2.45, 2.75) is 19.3 Å². The number of hydrogen-bond donors (Lipinski definition) is 2. The summed E-state index contributed by atoms with van der Waals surface area (Å²) in [4.78, 5) is 18.9. The van der Waals surface area contributed by atoms with E-state index in [-0.39, 0.29) is 5.91 Å². The summed E-state index contributed by atoms with van der Waals surface area (Å²) in [6.45, 7) is 1.90. The van der Waals surface area contributed by atoms with Crippen molar-refractivity contribution >= 4 is 33.7 Å². The van der Waals surface area contributed by atoms with Gasteiger partial charge < -0.3 is 4.90 Å². The molecule has 9 heteroatoms. The average Bonchev–Trinajstić information content (AvgIpc) is 3.33. The van der Waals surface area contributed by atoms with E-state index in [4.69, 9.17) is 0 Å². The van der Waals surface area contributed by atoms with Gasteiger partial charge in [0, 0.05) is 23.8 Å². The van der Waals surface area contributed by atoms with Crippen LogP contribution in [0.3, 0.4) is 0 Å². The molecule has 8 nitrogen and oxygen atoms in total. The number of aromatic amines is 1. The SMILES string of the molecule is O=C(Nc1nc(N2CCCCC2)n[nH]1)c1cnn(-c2ccc(Br)cc2)c1. The monoisotopic (exact) mass is 415 g/mol. The van der Waals surface area contributed by atoms with Crippen molar-refractivity contribution in [3.05, 3.63) is 46.7 Å². The third-order valence-electron chi connectivity index (χ3n) is 4.28. The first kappa shape index (κ1) is 16.8. The third-order valence-corrected chi connectivity index (χ3v) is 4.81. The third kappa shape index (κ3) is 3.62. The number of benzene rings is 1. The molecule has 1 saturated heterocycles. The van der Waals surface area contributed by atoms with E-state index in [1.165, 1.54) is 12.6 Å². The fourth-order valence-electron chi connectivity index (χ4n) is 2.90. The van der Waals surface area contributed by atoms with Gasteiger partial charge in [0.1, 0.15) is 0 Å². The molecule has 1 fully saturated rings. The zero-order valence-corrected chi connectivity index (χ0v) is 15.6. The molecule has 0 spiro atoms. The second-order valence-corrected chi connectivity index (χ2v) is 7.05. The van der Waals surface area contributed by atoms with Crippen molar-refractivity contribution in [1.29, 1.82) is 0 Å². The lowest BCUT2D eigenvalue weighted by Gasteiger charge is -2.24. The summed E-state index contributed by atoms with van der Waals surface area (Å²) < 4.78 is 2.64. The van der Waals surface area contributed by atoms with Crippen molar-refractivity contribution in [2.75, 3.05) is 23.3 Å². The molecule has 0 radical (unpaired) electrons. The van der Waals surface area contributed by atoms with Crippen LogP contribution in [0, 0.1) is 0 Å². The van der Waals surface area contributed by atoms with Crippen LogP contribution in [-0.4, -0.2) is 44.0 Å². The second kappa shape index (κ2) is 7.28. The number of piperidine rings is 1. The molecule has 0 unspecified atom stereocenters. The molecule has 3 heterocycles. The maximum absolute atomic E-state index is 12.4. The van der Waals surface area contributed by atoms with Gasteiger partial charge in [0.2, 0.25) is 11.9 Å².